The van der Waals surface area contributed by atoms with Crippen molar-refractivity contribution in [3.63, 3.8) is 0 Å². The van der Waals surface area contributed by atoms with Crippen LogP contribution in [-0.4, -0.2) is 41.6 Å². The van der Waals surface area contributed by atoms with Crippen LogP contribution in [0.4, 0.5) is 5.13 Å². The topological polar surface area (TPSA) is 68.5 Å². The molecule has 1 saturated heterocycles. The van der Waals surface area contributed by atoms with Gasteiger partial charge in [-0.2, -0.15) is 0 Å². The highest BCUT2D eigenvalue weighted by molar-refractivity contribution is 7.13. The first-order valence-corrected chi connectivity index (χ1v) is 6.16. The molecule has 0 saturated carbocycles. The van der Waals surface area contributed by atoms with Crippen LogP contribution in [0.2, 0.25) is 0 Å². The molecule has 5 nitrogen and oxygen atoms in total. The van der Waals surface area contributed by atoms with Crippen molar-refractivity contribution in [3.05, 3.63) is 11.1 Å². The van der Waals surface area contributed by atoms with Crippen LogP contribution < -0.4 is 5.73 Å². The third-order valence-corrected chi connectivity index (χ3v) is 3.15. The summed E-state index contributed by atoms with van der Waals surface area (Å²) in [5.74, 6) is -0.0506. The fraction of sp³-hybridized carbons (Fsp3) is 0.600. The van der Waals surface area contributed by atoms with Gasteiger partial charge in [0.2, 0.25) is 0 Å². The number of nitrogens with two attached hydrogens (primary N) is 1. The molecular formula is C10H15N3O2S. The van der Waals surface area contributed by atoms with Crippen LogP contribution in [0, 0.1) is 0 Å². The predicted octanol–water partition coefficient (Wildman–Crippen LogP) is 0.976. The molecule has 0 radical (unpaired) electrons. The Morgan fingerprint density at radius 3 is 3.25 bits per heavy atom. The summed E-state index contributed by atoms with van der Waals surface area (Å²) in [5.41, 5.74) is 5.96. The summed E-state index contributed by atoms with van der Waals surface area (Å²) >= 11 is 1.29. The Bertz CT molecular complexity index is 380. The molecule has 0 spiro atoms. The number of aromatic nitrogens is 1. The molecule has 1 atom stereocenters. The Hall–Kier alpha value is -1.14. The van der Waals surface area contributed by atoms with Gasteiger partial charge in [-0.25, -0.2) is 4.98 Å². The number of nitrogens with zero attached hydrogens (tertiary/aromatic N) is 2. The third-order valence-electron chi connectivity index (χ3n) is 2.48. The molecule has 88 valence electrons. The lowest BCUT2D eigenvalue weighted by molar-refractivity contribution is 0.0560. The van der Waals surface area contributed by atoms with E-state index < -0.39 is 0 Å². The molecule has 1 unspecified atom stereocenters. The van der Waals surface area contributed by atoms with Crippen molar-refractivity contribution in [3.8, 4) is 0 Å². The maximum absolute atomic E-state index is 12.1. The van der Waals surface area contributed by atoms with Crippen molar-refractivity contribution >= 4 is 22.4 Å². The van der Waals surface area contributed by atoms with E-state index in [0.717, 1.165) is 13.0 Å². The first-order chi connectivity index (χ1) is 7.66. The number of hydrogen-bond acceptors (Lipinski definition) is 5. The fourth-order valence-electron chi connectivity index (χ4n) is 1.73. The minimum Gasteiger partial charge on any atom is -0.377 e. The zero-order valence-corrected chi connectivity index (χ0v) is 10.00. The van der Waals surface area contributed by atoms with E-state index in [1.165, 1.54) is 11.3 Å². The van der Waals surface area contributed by atoms with Gasteiger partial charge in [-0.15, -0.1) is 11.3 Å². The van der Waals surface area contributed by atoms with Gasteiger partial charge in [0.25, 0.3) is 5.91 Å². The lowest BCUT2D eigenvalue weighted by atomic mass is 10.3. The van der Waals surface area contributed by atoms with Crippen LogP contribution in [0.1, 0.15) is 23.8 Å². The summed E-state index contributed by atoms with van der Waals surface area (Å²) in [6.07, 6.45) is 0.956. The number of carbonyl (C=O) groups is 1. The Morgan fingerprint density at radius 1 is 1.75 bits per heavy atom. The second kappa shape index (κ2) is 4.80. The lowest BCUT2D eigenvalue weighted by Gasteiger charge is -2.20. The Morgan fingerprint density at radius 2 is 2.56 bits per heavy atom. The van der Waals surface area contributed by atoms with E-state index in [1.54, 1.807) is 10.3 Å². The summed E-state index contributed by atoms with van der Waals surface area (Å²) in [7, 11) is 0. The van der Waals surface area contributed by atoms with E-state index >= 15 is 0 Å². The molecule has 1 amide bonds. The lowest BCUT2D eigenvalue weighted by Crippen LogP contribution is -2.36. The number of rotatable bonds is 1. The summed E-state index contributed by atoms with van der Waals surface area (Å²) in [4.78, 5) is 17.9. The molecule has 6 heteroatoms. The first-order valence-electron chi connectivity index (χ1n) is 5.28. The minimum atomic E-state index is -0.0506. The average molecular weight is 241 g/mol. The highest BCUT2D eigenvalue weighted by atomic mass is 32.1. The van der Waals surface area contributed by atoms with Gasteiger partial charge >= 0.3 is 0 Å². The summed E-state index contributed by atoms with van der Waals surface area (Å²) < 4.78 is 5.49. The summed E-state index contributed by atoms with van der Waals surface area (Å²) in [6.45, 7) is 4.03. The van der Waals surface area contributed by atoms with Crippen molar-refractivity contribution < 1.29 is 9.53 Å². The molecule has 1 aromatic rings. The van der Waals surface area contributed by atoms with Crippen molar-refractivity contribution in [1.82, 2.24) is 9.88 Å². The third kappa shape index (κ3) is 2.51. The van der Waals surface area contributed by atoms with Gasteiger partial charge in [0.1, 0.15) is 5.69 Å². The number of thiazole rings is 1. The van der Waals surface area contributed by atoms with E-state index in [1.807, 2.05) is 6.92 Å². The molecule has 16 heavy (non-hydrogen) atoms. The van der Waals surface area contributed by atoms with Crippen molar-refractivity contribution in [2.75, 3.05) is 25.4 Å². The summed E-state index contributed by atoms with van der Waals surface area (Å²) in [5, 5.41) is 2.14. The minimum absolute atomic E-state index is 0.0506. The standard InChI is InChI=1S/C10H15N3O2S/c1-7-5-13(3-2-4-15-7)9(14)8-6-16-10(11)12-8/h6-7H,2-5H2,1H3,(H2,11,12). The van der Waals surface area contributed by atoms with Gasteiger partial charge in [-0.3, -0.25) is 4.79 Å². The molecule has 1 aliphatic heterocycles. The van der Waals surface area contributed by atoms with Crippen LogP contribution in [-0.2, 0) is 4.74 Å². The largest absolute Gasteiger partial charge is 0.377 e. The molecule has 2 rings (SSSR count). The van der Waals surface area contributed by atoms with Gasteiger partial charge in [-0.1, -0.05) is 0 Å². The van der Waals surface area contributed by atoms with Crippen molar-refractivity contribution in [2.45, 2.75) is 19.4 Å². The Balaban J connectivity index is 2.08. The fourth-order valence-corrected chi connectivity index (χ4v) is 2.26. The van der Waals surface area contributed by atoms with Crippen LogP contribution in [0.3, 0.4) is 0 Å². The Labute approximate surface area is 98.2 Å². The molecule has 0 aromatic carbocycles. The number of nitrogen functional groups attached to an aromatic ring is 1. The van der Waals surface area contributed by atoms with Crippen LogP contribution in [0.5, 0.6) is 0 Å². The van der Waals surface area contributed by atoms with E-state index in [9.17, 15) is 4.79 Å². The highest BCUT2D eigenvalue weighted by Gasteiger charge is 2.22. The summed E-state index contributed by atoms with van der Waals surface area (Å²) in [6, 6.07) is 0. The van der Waals surface area contributed by atoms with E-state index in [2.05, 4.69) is 4.98 Å². The second-order valence-corrected chi connectivity index (χ2v) is 4.75. The second-order valence-electron chi connectivity index (χ2n) is 3.86. The molecule has 1 fully saturated rings. The smallest absolute Gasteiger partial charge is 0.273 e. The number of anilines is 1. The van der Waals surface area contributed by atoms with Crippen LogP contribution in [0.25, 0.3) is 0 Å². The van der Waals surface area contributed by atoms with Gasteiger partial charge in [0, 0.05) is 25.1 Å². The Kier molecular flexibility index (Phi) is 3.40. The SMILES string of the molecule is CC1CN(C(=O)c2csc(N)n2)CCCO1. The number of carbonyl (C=O) groups excluding carboxylic acids is 1. The molecule has 0 aliphatic carbocycles. The van der Waals surface area contributed by atoms with Gasteiger partial charge < -0.3 is 15.4 Å². The molecular weight excluding hydrogens is 226 g/mol. The average Bonchev–Trinajstić information content (AvgIpc) is 2.56. The molecule has 2 heterocycles. The quantitative estimate of drug-likeness (QED) is 0.795. The molecule has 2 N–H and O–H groups in total. The zero-order chi connectivity index (χ0) is 11.5. The first kappa shape index (κ1) is 11.3. The molecule has 1 aromatic heterocycles. The van der Waals surface area contributed by atoms with Crippen LogP contribution >= 0.6 is 11.3 Å². The highest BCUT2D eigenvalue weighted by Crippen LogP contribution is 2.15. The van der Waals surface area contributed by atoms with Gasteiger partial charge in [-0.05, 0) is 13.3 Å². The van der Waals surface area contributed by atoms with E-state index in [0.29, 0.717) is 24.0 Å². The monoisotopic (exact) mass is 241 g/mol. The predicted molar refractivity (Wildman–Crippen MR) is 62.5 cm³/mol. The van der Waals surface area contributed by atoms with Crippen LogP contribution in [0.15, 0.2) is 5.38 Å². The number of amides is 1. The van der Waals surface area contributed by atoms with Crippen molar-refractivity contribution in [2.24, 2.45) is 0 Å². The van der Waals surface area contributed by atoms with Gasteiger partial charge in [0.05, 0.1) is 6.10 Å². The normalized spacial score (nSPS) is 21.8. The van der Waals surface area contributed by atoms with Crippen molar-refractivity contribution in [1.29, 1.82) is 0 Å². The maximum Gasteiger partial charge on any atom is 0.273 e. The van der Waals surface area contributed by atoms with Gasteiger partial charge in [0.15, 0.2) is 5.13 Å². The molecule has 1 aliphatic rings. The zero-order valence-electron chi connectivity index (χ0n) is 9.18. The van der Waals surface area contributed by atoms with E-state index in [-0.39, 0.29) is 12.0 Å². The maximum atomic E-state index is 12.1. The van der Waals surface area contributed by atoms with E-state index in [4.69, 9.17) is 10.5 Å². The molecule has 0 bridgehead atoms. The number of hydrogen-bond donors (Lipinski definition) is 1. The number of ether oxygens (including phenoxy) is 1.